The summed E-state index contributed by atoms with van der Waals surface area (Å²) < 4.78 is 0. The molecule has 0 saturated heterocycles. The summed E-state index contributed by atoms with van der Waals surface area (Å²) in [4.78, 5) is 27.6. The molecular weight excluding hydrogens is 314 g/mol. The zero-order chi connectivity index (χ0) is 15.6. The first-order valence-corrected chi connectivity index (χ1v) is 7.25. The fourth-order valence-corrected chi connectivity index (χ4v) is 2.69. The summed E-state index contributed by atoms with van der Waals surface area (Å²) in [6.07, 6.45) is 1.73. The Balaban J connectivity index is 2.20. The summed E-state index contributed by atoms with van der Waals surface area (Å²) in [5.41, 5.74) is -0.103. The Labute approximate surface area is 129 Å². The van der Waals surface area contributed by atoms with Gasteiger partial charge < -0.3 is 5.32 Å². The van der Waals surface area contributed by atoms with Crippen LogP contribution < -0.4 is 5.32 Å². The maximum Gasteiger partial charge on any atom is 0.270 e. The smallest absolute Gasteiger partial charge is 0.270 e. The molecule has 8 heteroatoms. The molecule has 0 spiro atoms. The number of nitrogens with zero attached hydrogens (tertiary/aromatic N) is 2. The molecule has 0 saturated carbocycles. The Morgan fingerprint density at radius 1 is 1.52 bits per heavy atom. The van der Waals surface area contributed by atoms with Crippen LogP contribution in [0.2, 0.25) is 5.02 Å². The predicted molar refractivity (Wildman–Crippen MR) is 80.8 cm³/mol. The van der Waals surface area contributed by atoms with Gasteiger partial charge in [-0.3, -0.25) is 14.9 Å². The number of carbonyl (C=O) groups is 1. The number of carbonyl (C=O) groups excluding carboxylic acids is 1. The molecule has 1 aromatic heterocycles. The Hall–Kier alpha value is -1.99. The van der Waals surface area contributed by atoms with Gasteiger partial charge in [0.15, 0.2) is 0 Å². The van der Waals surface area contributed by atoms with E-state index in [9.17, 15) is 14.9 Å². The quantitative estimate of drug-likeness (QED) is 0.688. The molecule has 0 aliphatic heterocycles. The minimum atomic E-state index is -0.569. The van der Waals surface area contributed by atoms with Crippen molar-refractivity contribution in [2.24, 2.45) is 0 Å². The second-order valence-corrected chi connectivity index (χ2v) is 6.10. The van der Waals surface area contributed by atoms with E-state index in [4.69, 9.17) is 11.6 Å². The van der Waals surface area contributed by atoms with Crippen LogP contribution in [0.5, 0.6) is 0 Å². The van der Waals surface area contributed by atoms with E-state index in [2.05, 4.69) is 10.3 Å². The fraction of sp³-hybridized carbons (Fsp3) is 0.231. The minimum absolute atomic E-state index is 0.0750. The summed E-state index contributed by atoms with van der Waals surface area (Å²) in [5.74, 6) is -0.468. The third kappa shape index (κ3) is 3.56. The molecular formula is C13H12ClN3O3S. The molecule has 21 heavy (non-hydrogen) atoms. The lowest BCUT2D eigenvalue weighted by Gasteiger charge is -2.12. The maximum absolute atomic E-state index is 12.2. The highest BCUT2D eigenvalue weighted by atomic mass is 35.5. The number of nitrogens with one attached hydrogen (secondary N) is 1. The van der Waals surface area contributed by atoms with E-state index in [1.807, 2.05) is 6.92 Å². The number of benzene rings is 1. The van der Waals surface area contributed by atoms with Crippen LogP contribution in [-0.2, 0) is 0 Å². The lowest BCUT2D eigenvalue weighted by atomic mass is 10.1. The minimum Gasteiger partial charge on any atom is -0.343 e. The van der Waals surface area contributed by atoms with Crippen LogP contribution in [0.15, 0.2) is 24.4 Å². The molecule has 2 aromatic rings. The average molecular weight is 326 g/mol. The van der Waals surface area contributed by atoms with Crippen molar-refractivity contribution in [2.45, 2.75) is 19.9 Å². The molecule has 1 atom stereocenters. The molecule has 0 fully saturated rings. The molecule has 1 unspecified atom stereocenters. The van der Waals surface area contributed by atoms with Crippen LogP contribution in [0.1, 0.15) is 33.2 Å². The number of hydrogen-bond donors (Lipinski definition) is 1. The van der Waals surface area contributed by atoms with Gasteiger partial charge in [-0.25, -0.2) is 4.98 Å². The Kier molecular flexibility index (Phi) is 4.54. The second-order valence-electron chi connectivity index (χ2n) is 4.43. The normalized spacial score (nSPS) is 12.0. The molecule has 1 amide bonds. The highest BCUT2D eigenvalue weighted by Gasteiger charge is 2.19. The van der Waals surface area contributed by atoms with Gasteiger partial charge >= 0.3 is 0 Å². The van der Waals surface area contributed by atoms with E-state index in [0.29, 0.717) is 0 Å². The van der Waals surface area contributed by atoms with Gasteiger partial charge in [-0.2, -0.15) is 0 Å². The average Bonchev–Trinajstić information content (AvgIpc) is 2.85. The summed E-state index contributed by atoms with van der Waals surface area (Å²) >= 11 is 7.41. The third-order valence-electron chi connectivity index (χ3n) is 2.76. The van der Waals surface area contributed by atoms with Crippen molar-refractivity contribution in [1.29, 1.82) is 0 Å². The fourth-order valence-electron chi connectivity index (χ4n) is 1.71. The van der Waals surface area contributed by atoms with E-state index >= 15 is 0 Å². The third-order valence-corrected chi connectivity index (χ3v) is 4.19. The van der Waals surface area contributed by atoms with Crippen molar-refractivity contribution in [3.8, 4) is 0 Å². The van der Waals surface area contributed by atoms with Crippen molar-refractivity contribution in [3.05, 3.63) is 55.0 Å². The molecule has 6 nitrogen and oxygen atoms in total. The van der Waals surface area contributed by atoms with Gasteiger partial charge in [0.2, 0.25) is 0 Å². The SMILES string of the molecule is Cc1cnc(C(C)NC(=O)c2cc([N+](=O)[O-])ccc2Cl)s1. The topological polar surface area (TPSA) is 85.1 Å². The van der Waals surface area contributed by atoms with Crippen LogP contribution in [0.25, 0.3) is 0 Å². The van der Waals surface area contributed by atoms with Gasteiger partial charge in [-0.05, 0) is 19.9 Å². The number of aryl methyl sites for hydroxylation is 1. The Morgan fingerprint density at radius 2 is 2.24 bits per heavy atom. The Morgan fingerprint density at radius 3 is 2.81 bits per heavy atom. The number of hydrogen-bond acceptors (Lipinski definition) is 5. The zero-order valence-electron chi connectivity index (χ0n) is 11.3. The van der Waals surface area contributed by atoms with Crippen LogP contribution in [0.4, 0.5) is 5.69 Å². The highest BCUT2D eigenvalue weighted by molar-refractivity contribution is 7.11. The molecule has 1 N–H and O–H groups in total. The van der Waals surface area contributed by atoms with Crippen LogP contribution in [0.3, 0.4) is 0 Å². The first kappa shape index (κ1) is 15.4. The second kappa shape index (κ2) is 6.19. The molecule has 0 radical (unpaired) electrons. The lowest BCUT2D eigenvalue weighted by Crippen LogP contribution is -2.26. The first-order valence-electron chi connectivity index (χ1n) is 6.05. The first-order chi connectivity index (χ1) is 9.88. The highest BCUT2D eigenvalue weighted by Crippen LogP contribution is 2.24. The van der Waals surface area contributed by atoms with E-state index in [0.717, 1.165) is 16.0 Å². The molecule has 2 rings (SSSR count). The van der Waals surface area contributed by atoms with E-state index in [-0.39, 0.29) is 22.3 Å². The monoisotopic (exact) mass is 325 g/mol. The van der Waals surface area contributed by atoms with Crippen LogP contribution >= 0.6 is 22.9 Å². The number of nitro groups is 1. The van der Waals surface area contributed by atoms with Gasteiger partial charge in [0.1, 0.15) is 5.01 Å². The molecule has 0 bridgehead atoms. The van der Waals surface area contributed by atoms with E-state index in [1.165, 1.54) is 23.5 Å². The number of rotatable bonds is 4. The summed E-state index contributed by atoms with van der Waals surface area (Å²) in [7, 11) is 0. The standard InChI is InChI=1S/C13H12ClN3O3S/c1-7-6-15-13(21-7)8(2)16-12(18)10-5-9(17(19)20)3-4-11(10)14/h3-6,8H,1-2H3,(H,16,18). The molecule has 1 aromatic carbocycles. The molecule has 0 aliphatic rings. The molecule has 110 valence electrons. The van der Waals surface area contributed by atoms with Crippen LogP contribution in [-0.4, -0.2) is 15.8 Å². The van der Waals surface area contributed by atoms with Gasteiger partial charge in [-0.1, -0.05) is 11.6 Å². The van der Waals surface area contributed by atoms with Crippen molar-refractivity contribution < 1.29 is 9.72 Å². The number of aromatic nitrogens is 1. The summed E-state index contributed by atoms with van der Waals surface area (Å²) in [6, 6.07) is 3.46. The van der Waals surface area contributed by atoms with E-state index in [1.54, 1.807) is 13.1 Å². The molecule has 1 heterocycles. The molecule has 0 aliphatic carbocycles. The number of nitro benzene ring substituents is 1. The van der Waals surface area contributed by atoms with Gasteiger partial charge in [-0.15, -0.1) is 11.3 Å². The van der Waals surface area contributed by atoms with E-state index < -0.39 is 10.8 Å². The summed E-state index contributed by atoms with van der Waals surface area (Å²) in [5, 5.41) is 14.4. The lowest BCUT2D eigenvalue weighted by molar-refractivity contribution is -0.384. The summed E-state index contributed by atoms with van der Waals surface area (Å²) in [6.45, 7) is 3.72. The zero-order valence-corrected chi connectivity index (χ0v) is 12.9. The number of halogens is 1. The number of amides is 1. The largest absolute Gasteiger partial charge is 0.343 e. The van der Waals surface area contributed by atoms with Crippen molar-refractivity contribution in [1.82, 2.24) is 10.3 Å². The Bertz CT molecular complexity index is 702. The van der Waals surface area contributed by atoms with Crippen molar-refractivity contribution in [3.63, 3.8) is 0 Å². The predicted octanol–water partition coefficient (Wildman–Crippen LogP) is 3.50. The number of thiazole rings is 1. The van der Waals surface area contributed by atoms with Gasteiger partial charge in [0, 0.05) is 23.2 Å². The van der Waals surface area contributed by atoms with Crippen LogP contribution in [0, 0.1) is 17.0 Å². The van der Waals surface area contributed by atoms with Gasteiger partial charge in [0.25, 0.3) is 11.6 Å². The van der Waals surface area contributed by atoms with Crippen molar-refractivity contribution >= 4 is 34.5 Å². The van der Waals surface area contributed by atoms with Crippen molar-refractivity contribution in [2.75, 3.05) is 0 Å². The van der Waals surface area contributed by atoms with Gasteiger partial charge in [0.05, 0.1) is 21.6 Å². The maximum atomic E-state index is 12.2. The number of non-ortho nitro benzene ring substituents is 1.